The minimum absolute atomic E-state index is 0. The largest absolute Gasteiger partial charge is 4.00 e. The van der Waals surface area contributed by atoms with E-state index in [1.54, 1.807) is 0 Å². The molecule has 8 heteroatoms. The second-order valence-electron chi connectivity index (χ2n) is 6.48. The van der Waals surface area contributed by atoms with Gasteiger partial charge in [-0.25, -0.2) is 6.04 Å². The summed E-state index contributed by atoms with van der Waals surface area (Å²) in [6.45, 7) is 13.4. The van der Waals surface area contributed by atoms with E-state index in [9.17, 15) is 0 Å². The minimum Gasteiger partial charge on any atom is -1.00 e. The second kappa shape index (κ2) is 15.7. The van der Waals surface area contributed by atoms with Crippen LogP contribution in [0.5, 0.6) is 0 Å². The second-order valence-corrected chi connectivity index (χ2v) is 6.48. The molecular weight excluding hydrogens is 390 g/mol. The Bertz CT molecular complexity index is 277. The van der Waals surface area contributed by atoms with Gasteiger partial charge in [0.05, 0.1) is 0 Å². The van der Waals surface area contributed by atoms with Gasteiger partial charge in [0.25, 0.3) is 0 Å². The predicted molar refractivity (Wildman–Crippen MR) is 83.2 cm³/mol. The summed E-state index contributed by atoms with van der Waals surface area (Å²) in [5, 5.41) is 3.65. The fraction of sp³-hybridized carbons (Fsp3) is 0.933. The third-order valence-electron chi connectivity index (χ3n) is 4.50. The predicted octanol–water partition coefficient (Wildman–Crippen LogP) is -7.89. The quantitative estimate of drug-likeness (QED) is 0.309. The number of rotatable bonds is 0. The van der Waals surface area contributed by atoms with E-state index in [0.29, 0.717) is 18.1 Å². The smallest absolute Gasteiger partial charge is 1.00 e. The molecule has 3 unspecified atom stereocenters. The average molecular weight is 424 g/mol. The van der Waals surface area contributed by atoms with E-state index < -0.39 is 0 Å². The Morgan fingerprint density at radius 2 is 1.39 bits per heavy atom. The Morgan fingerprint density at radius 3 is 1.91 bits per heavy atom. The van der Waals surface area contributed by atoms with Crippen molar-refractivity contribution in [1.82, 2.24) is 20.0 Å². The molecular formula is C15H33Cl3N4Ti. The Balaban J connectivity index is -0.000000451. The maximum atomic E-state index is 3.65. The van der Waals surface area contributed by atoms with E-state index in [1.165, 1.54) is 6.04 Å². The van der Waals surface area contributed by atoms with Crippen molar-refractivity contribution in [2.24, 2.45) is 0 Å². The average Bonchev–Trinajstić information content (AvgIpc) is 2.34. The van der Waals surface area contributed by atoms with Crippen LogP contribution in [0.25, 0.3) is 0 Å². The van der Waals surface area contributed by atoms with Crippen molar-refractivity contribution in [3.63, 3.8) is 0 Å². The summed E-state index contributed by atoms with van der Waals surface area (Å²) in [4.78, 5) is 7.29. The van der Waals surface area contributed by atoms with E-state index in [0.717, 1.165) is 26.2 Å². The first kappa shape index (κ1) is 32.1. The molecule has 3 atom stereocenters. The van der Waals surface area contributed by atoms with Gasteiger partial charge >= 0.3 is 21.7 Å². The number of nitrogens with zero attached hydrogens (tertiary/aromatic N) is 3. The first-order valence-corrected chi connectivity index (χ1v) is 7.48. The molecule has 0 bridgehead atoms. The van der Waals surface area contributed by atoms with Crippen LogP contribution in [-0.4, -0.2) is 80.1 Å². The van der Waals surface area contributed by atoms with Gasteiger partial charge in [0.2, 0.25) is 0 Å². The number of halogens is 3. The molecule has 1 aliphatic rings. The van der Waals surface area contributed by atoms with Gasteiger partial charge in [-0.2, -0.15) is 6.92 Å². The molecule has 0 aromatic carbocycles. The molecule has 0 saturated carbocycles. The molecule has 0 amide bonds. The summed E-state index contributed by atoms with van der Waals surface area (Å²) in [5.41, 5.74) is 0. The van der Waals surface area contributed by atoms with Crippen LogP contribution in [0.15, 0.2) is 0 Å². The van der Waals surface area contributed by atoms with Crippen molar-refractivity contribution in [3.05, 3.63) is 6.04 Å². The minimum atomic E-state index is 0. The molecule has 0 aromatic heterocycles. The normalized spacial score (nSPS) is 29.6. The molecule has 23 heavy (non-hydrogen) atoms. The van der Waals surface area contributed by atoms with Crippen LogP contribution in [0.4, 0.5) is 0 Å². The molecule has 1 fully saturated rings. The summed E-state index contributed by atoms with van der Waals surface area (Å²) in [7, 11) is 6.66. The van der Waals surface area contributed by atoms with Crippen LogP contribution in [0.3, 0.4) is 0 Å². The van der Waals surface area contributed by atoms with Crippen molar-refractivity contribution < 1.29 is 58.9 Å². The summed E-state index contributed by atoms with van der Waals surface area (Å²) in [5.74, 6) is 0. The van der Waals surface area contributed by atoms with Gasteiger partial charge < -0.3 is 57.2 Å². The summed E-state index contributed by atoms with van der Waals surface area (Å²) >= 11 is 0. The van der Waals surface area contributed by atoms with Crippen LogP contribution in [0.2, 0.25) is 0 Å². The van der Waals surface area contributed by atoms with E-state index >= 15 is 0 Å². The monoisotopic (exact) mass is 422 g/mol. The van der Waals surface area contributed by atoms with Gasteiger partial charge in [-0.3, -0.25) is 0 Å². The molecule has 1 aliphatic heterocycles. The summed E-state index contributed by atoms with van der Waals surface area (Å²) in [6.07, 6.45) is 0. The third-order valence-corrected chi connectivity index (χ3v) is 4.50. The molecule has 1 heterocycles. The van der Waals surface area contributed by atoms with E-state index in [2.05, 4.69) is 68.9 Å². The zero-order valence-electron chi connectivity index (χ0n) is 15.5. The Labute approximate surface area is 177 Å². The third kappa shape index (κ3) is 11.6. The van der Waals surface area contributed by atoms with Crippen molar-refractivity contribution >= 4 is 0 Å². The maximum absolute atomic E-state index is 3.65. The maximum Gasteiger partial charge on any atom is 4.00 e. The number of hydrogen-bond donors (Lipinski definition) is 1. The first-order chi connectivity index (χ1) is 8.81. The molecule has 0 spiro atoms. The van der Waals surface area contributed by atoms with Crippen molar-refractivity contribution in [3.8, 4) is 0 Å². The standard InChI is InChI=1S/C15H33N4.3ClH.Ti/c1-12-9-17(5)14(3)11-19(7)15(4)10-18(6)13(2)8-16-12;;;;/h12-14,16H,8-11H2,1-7H3;3*1H;/q-1;;;;+4/p-3. The van der Waals surface area contributed by atoms with Crippen LogP contribution in [0, 0.1) is 6.04 Å². The van der Waals surface area contributed by atoms with Crippen LogP contribution in [-0.2, 0) is 21.7 Å². The molecule has 0 aliphatic carbocycles. The topological polar surface area (TPSA) is 21.8 Å². The molecule has 1 saturated heterocycles. The van der Waals surface area contributed by atoms with Crippen LogP contribution < -0.4 is 42.5 Å². The van der Waals surface area contributed by atoms with Crippen molar-refractivity contribution in [2.75, 3.05) is 47.3 Å². The zero-order chi connectivity index (χ0) is 14.6. The Kier molecular flexibility index (Phi) is 21.9. The molecule has 0 aromatic rings. The summed E-state index contributed by atoms with van der Waals surface area (Å²) in [6, 6.07) is 3.13. The Hall–Kier alpha value is 1.42. The Morgan fingerprint density at radius 1 is 0.870 bits per heavy atom. The first-order valence-electron chi connectivity index (χ1n) is 7.48. The van der Waals surface area contributed by atoms with E-state index in [1.807, 2.05) is 0 Å². The summed E-state index contributed by atoms with van der Waals surface area (Å²) < 4.78 is 0. The van der Waals surface area contributed by atoms with Gasteiger partial charge in [-0.15, -0.1) is 6.54 Å². The van der Waals surface area contributed by atoms with Gasteiger partial charge in [-0.05, 0) is 48.5 Å². The number of hydrogen-bond acceptors (Lipinski definition) is 4. The van der Waals surface area contributed by atoms with Crippen LogP contribution in [0.1, 0.15) is 27.7 Å². The fourth-order valence-corrected chi connectivity index (χ4v) is 2.53. The van der Waals surface area contributed by atoms with Gasteiger partial charge in [0.15, 0.2) is 0 Å². The fourth-order valence-electron chi connectivity index (χ4n) is 2.53. The molecule has 4 nitrogen and oxygen atoms in total. The van der Waals surface area contributed by atoms with Gasteiger partial charge in [-0.1, -0.05) is 0 Å². The SMILES string of the molecule is C[C-]1CN(C)C(C)CNC(C)CN(C)C(C)CN1C.[Cl-].[Cl-].[Cl-].[Ti+4]. The van der Waals surface area contributed by atoms with E-state index in [-0.39, 0.29) is 58.9 Å². The van der Waals surface area contributed by atoms with Crippen molar-refractivity contribution in [2.45, 2.75) is 45.8 Å². The number of likely N-dealkylation sites (N-methyl/N-ethyl adjacent to an activating group) is 3. The molecule has 138 valence electrons. The van der Waals surface area contributed by atoms with Crippen LogP contribution >= 0.6 is 0 Å². The molecule has 1 N–H and O–H groups in total. The van der Waals surface area contributed by atoms with Gasteiger partial charge in [0, 0.05) is 31.2 Å². The molecule has 1 rings (SSSR count). The zero-order valence-corrected chi connectivity index (χ0v) is 19.4. The molecule has 0 radical (unpaired) electrons. The van der Waals surface area contributed by atoms with Gasteiger partial charge in [0.1, 0.15) is 0 Å². The van der Waals surface area contributed by atoms with Crippen molar-refractivity contribution in [1.29, 1.82) is 0 Å². The number of nitrogens with one attached hydrogen (secondary N) is 1. The van der Waals surface area contributed by atoms with E-state index in [4.69, 9.17) is 0 Å².